The number of amides is 2. The Morgan fingerprint density at radius 1 is 0.870 bits per heavy atom. The minimum Gasteiger partial charge on any atom is -0.495 e. The van der Waals surface area contributed by atoms with Crippen molar-refractivity contribution < 1.29 is 22.7 Å². The van der Waals surface area contributed by atoms with Crippen LogP contribution in [0.25, 0.3) is 0 Å². The normalized spacial score (nSPS) is 11.8. The fourth-order valence-electron chi connectivity index (χ4n) is 5.05. The van der Waals surface area contributed by atoms with Gasteiger partial charge in [-0.1, -0.05) is 89.1 Å². The van der Waals surface area contributed by atoms with Crippen molar-refractivity contribution in [3.63, 3.8) is 0 Å². The number of aryl methyl sites for hydroxylation is 2. The Morgan fingerprint density at radius 3 is 2.15 bits per heavy atom. The van der Waals surface area contributed by atoms with Crippen LogP contribution >= 0.6 is 15.9 Å². The molecule has 0 aliphatic rings. The summed E-state index contributed by atoms with van der Waals surface area (Å²) in [6.07, 6.45) is 0.970. The van der Waals surface area contributed by atoms with Crippen LogP contribution in [0, 0.1) is 13.8 Å². The molecule has 10 heteroatoms. The monoisotopic (exact) mass is 705 g/mol. The van der Waals surface area contributed by atoms with Gasteiger partial charge in [-0.3, -0.25) is 13.9 Å². The van der Waals surface area contributed by atoms with E-state index in [-0.39, 0.29) is 29.5 Å². The Labute approximate surface area is 280 Å². The molecule has 1 N–H and O–H groups in total. The van der Waals surface area contributed by atoms with Crippen molar-refractivity contribution in [3.05, 3.63) is 124 Å². The van der Waals surface area contributed by atoms with Gasteiger partial charge in [-0.25, -0.2) is 8.42 Å². The van der Waals surface area contributed by atoms with E-state index in [2.05, 4.69) is 21.2 Å². The van der Waals surface area contributed by atoms with E-state index in [1.807, 2.05) is 81.4 Å². The Bertz CT molecular complexity index is 1730. The fraction of sp³-hybridized carbons (Fsp3) is 0.278. The van der Waals surface area contributed by atoms with Gasteiger partial charge >= 0.3 is 0 Å². The number of ether oxygens (including phenoxy) is 1. The Kier molecular flexibility index (Phi) is 12.0. The van der Waals surface area contributed by atoms with Crippen LogP contribution in [0.15, 0.2) is 106 Å². The summed E-state index contributed by atoms with van der Waals surface area (Å²) < 4.78 is 36.2. The number of methoxy groups -OCH3 is 1. The van der Waals surface area contributed by atoms with E-state index in [1.54, 1.807) is 24.3 Å². The molecule has 4 aromatic rings. The van der Waals surface area contributed by atoms with E-state index in [0.717, 1.165) is 37.5 Å². The van der Waals surface area contributed by atoms with Crippen LogP contribution in [0.2, 0.25) is 0 Å². The van der Waals surface area contributed by atoms with Crippen molar-refractivity contribution in [1.82, 2.24) is 10.2 Å². The van der Waals surface area contributed by atoms with Crippen LogP contribution in [0.5, 0.6) is 5.75 Å². The molecule has 0 saturated carbocycles. The molecule has 0 saturated heterocycles. The van der Waals surface area contributed by atoms with Crippen molar-refractivity contribution in [3.8, 4) is 5.75 Å². The molecule has 0 radical (unpaired) electrons. The first-order valence-electron chi connectivity index (χ1n) is 15.1. The molecule has 2 amide bonds. The van der Waals surface area contributed by atoms with Crippen molar-refractivity contribution in [2.75, 3.05) is 24.5 Å². The zero-order chi connectivity index (χ0) is 33.3. The second kappa shape index (κ2) is 15.9. The summed E-state index contributed by atoms with van der Waals surface area (Å²) in [6, 6.07) is 27.7. The van der Waals surface area contributed by atoms with Crippen LogP contribution in [0.4, 0.5) is 5.69 Å². The average molecular weight is 707 g/mol. The van der Waals surface area contributed by atoms with Crippen molar-refractivity contribution >= 4 is 43.5 Å². The summed E-state index contributed by atoms with van der Waals surface area (Å²) in [5.74, 6) is -0.540. The maximum absolute atomic E-state index is 14.6. The van der Waals surface area contributed by atoms with Crippen molar-refractivity contribution in [2.24, 2.45) is 0 Å². The second-order valence-electron chi connectivity index (χ2n) is 11.1. The predicted molar refractivity (Wildman–Crippen MR) is 185 cm³/mol. The highest BCUT2D eigenvalue weighted by atomic mass is 79.9. The largest absolute Gasteiger partial charge is 0.495 e. The van der Waals surface area contributed by atoms with Gasteiger partial charge in [0.15, 0.2) is 0 Å². The van der Waals surface area contributed by atoms with Crippen LogP contribution in [0.1, 0.15) is 35.6 Å². The lowest BCUT2D eigenvalue weighted by Gasteiger charge is -2.34. The lowest BCUT2D eigenvalue weighted by molar-refractivity contribution is -0.140. The third-order valence-corrected chi connectivity index (χ3v) is 9.88. The van der Waals surface area contributed by atoms with Gasteiger partial charge in [-0.15, -0.1) is 0 Å². The summed E-state index contributed by atoms with van der Waals surface area (Å²) in [6.45, 7) is 5.65. The number of halogens is 1. The molecule has 0 heterocycles. The number of hydrogen-bond donors (Lipinski definition) is 1. The number of nitrogens with zero attached hydrogens (tertiary/aromatic N) is 2. The first kappa shape index (κ1) is 34.7. The molecule has 0 aliphatic carbocycles. The van der Waals surface area contributed by atoms with E-state index < -0.39 is 28.5 Å². The second-order valence-corrected chi connectivity index (χ2v) is 13.9. The summed E-state index contributed by atoms with van der Waals surface area (Å²) >= 11 is 3.46. The zero-order valence-corrected chi connectivity index (χ0v) is 29.0. The highest BCUT2D eigenvalue weighted by molar-refractivity contribution is 9.10. The molecule has 0 bridgehead atoms. The molecular weight excluding hydrogens is 666 g/mol. The minimum absolute atomic E-state index is 0.0374. The number of nitrogens with one attached hydrogen (secondary N) is 1. The number of carbonyl (C=O) groups excluding carboxylic acids is 2. The van der Waals surface area contributed by atoms with E-state index in [4.69, 9.17) is 4.74 Å². The molecule has 0 spiro atoms. The highest BCUT2D eigenvalue weighted by Crippen LogP contribution is 2.34. The van der Waals surface area contributed by atoms with Crippen molar-refractivity contribution in [2.45, 2.75) is 51.1 Å². The molecule has 0 aliphatic heterocycles. The first-order valence-corrected chi connectivity index (χ1v) is 17.4. The molecule has 0 fully saturated rings. The molecule has 8 nitrogen and oxygen atoms in total. The molecule has 4 aromatic carbocycles. The summed E-state index contributed by atoms with van der Waals surface area (Å²) in [4.78, 5) is 29.9. The summed E-state index contributed by atoms with van der Waals surface area (Å²) in [7, 11) is -2.79. The van der Waals surface area contributed by atoms with Gasteiger partial charge in [-0.05, 0) is 73.4 Å². The molecule has 46 heavy (non-hydrogen) atoms. The molecule has 1 atom stereocenters. The number of carbonyl (C=O) groups is 2. The lowest BCUT2D eigenvalue weighted by Crippen LogP contribution is -2.53. The average Bonchev–Trinajstić information content (AvgIpc) is 3.05. The van der Waals surface area contributed by atoms with Gasteiger partial charge in [0.1, 0.15) is 18.3 Å². The van der Waals surface area contributed by atoms with Gasteiger partial charge in [0.25, 0.3) is 10.0 Å². The maximum Gasteiger partial charge on any atom is 0.264 e. The molecule has 0 aromatic heterocycles. The SMILES string of the molecule is CCCNC(=O)[C@@H](Cc1ccccc1)N(Cc1ccc(Br)cc1)C(=O)CN(c1cc(C)ccc1OC)S(=O)(=O)c1ccc(C)cc1. The fourth-order valence-corrected chi connectivity index (χ4v) is 6.73. The van der Waals surface area contributed by atoms with Crippen LogP contribution in [0.3, 0.4) is 0 Å². The Hall–Kier alpha value is -4.15. The third kappa shape index (κ3) is 8.76. The minimum atomic E-state index is -4.25. The van der Waals surface area contributed by atoms with E-state index in [9.17, 15) is 18.0 Å². The quantitative estimate of drug-likeness (QED) is 0.163. The van der Waals surface area contributed by atoms with E-state index >= 15 is 0 Å². The smallest absolute Gasteiger partial charge is 0.264 e. The summed E-state index contributed by atoms with van der Waals surface area (Å²) in [5, 5.41) is 2.96. The highest BCUT2D eigenvalue weighted by Gasteiger charge is 2.35. The molecule has 4 rings (SSSR count). The maximum atomic E-state index is 14.6. The van der Waals surface area contributed by atoms with Crippen LogP contribution in [-0.4, -0.2) is 51.4 Å². The number of anilines is 1. The number of hydrogen-bond acceptors (Lipinski definition) is 5. The lowest BCUT2D eigenvalue weighted by atomic mass is 10.0. The van der Waals surface area contributed by atoms with Gasteiger partial charge in [-0.2, -0.15) is 0 Å². The molecule has 0 unspecified atom stereocenters. The predicted octanol–water partition coefficient (Wildman–Crippen LogP) is 6.44. The number of rotatable bonds is 14. The standard InChI is InChI=1S/C36H40BrN3O5S/c1-5-21-38-36(42)33(23-28-9-7-6-8-10-28)39(24-29-14-16-30(37)17-15-29)35(41)25-40(32-22-27(3)13-20-34(32)45-4)46(43,44)31-18-11-26(2)12-19-31/h6-20,22,33H,5,21,23-25H2,1-4H3,(H,38,42)/t33-/m1/s1. The number of benzene rings is 4. The zero-order valence-electron chi connectivity index (χ0n) is 26.6. The number of sulfonamides is 1. The molecule has 242 valence electrons. The van der Waals surface area contributed by atoms with Crippen LogP contribution in [-0.2, 0) is 32.6 Å². The van der Waals surface area contributed by atoms with Crippen molar-refractivity contribution in [1.29, 1.82) is 0 Å². The van der Waals surface area contributed by atoms with Gasteiger partial charge in [0, 0.05) is 24.0 Å². The van der Waals surface area contributed by atoms with Gasteiger partial charge in [0.2, 0.25) is 11.8 Å². The Morgan fingerprint density at radius 2 is 1.52 bits per heavy atom. The summed E-state index contributed by atoms with van der Waals surface area (Å²) in [5.41, 5.74) is 3.59. The van der Waals surface area contributed by atoms with E-state index in [0.29, 0.717) is 12.3 Å². The van der Waals surface area contributed by atoms with Gasteiger partial charge in [0.05, 0.1) is 17.7 Å². The third-order valence-electron chi connectivity index (χ3n) is 7.58. The topological polar surface area (TPSA) is 96.0 Å². The first-order chi connectivity index (χ1) is 22.0. The molecular formula is C36H40BrN3O5S. The van der Waals surface area contributed by atoms with Gasteiger partial charge < -0.3 is 15.0 Å². The van der Waals surface area contributed by atoms with E-state index in [1.165, 1.54) is 24.1 Å². The van der Waals surface area contributed by atoms with Crippen LogP contribution < -0.4 is 14.4 Å². The Balaban J connectivity index is 1.84.